The number of nitrogens with one attached hydrogen (secondary N) is 2. The molecule has 1 heterocycles. The lowest BCUT2D eigenvalue weighted by Crippen LogP contribution is -2.36. The van der Waals surface area contributed by atoms with Gasteiger partial charge < -0.3 is 15.2 Å². The summed E-state index contributed by atoms with van der Waals surface area (Å²) in [6.45, 7) is 7.91. The Morgan fingerprint density at radius 3 is 2.46 bits per heavy atom. The van der Waals surface area contributed by atoms with Crippen LogP contribution in [0.15, 0.2) is 39.8 Å². The van der Waals surface area contributed by atoms with Gasteiger partial charge in [0.15, 0.2) is 11.7 Å². The molecule has 0 bridgehead atoms. The highest BCUT2D eigenvalue weighted by Crippen LogP contribution is 2.22. The van der Waals surface area contributed by atoms with Crippen LogP contribution < -0.4 is 10.6 Å². The number of halogens is 1. The first kappa shape index (κ1) is 23.9. The number of guanidine groups is 1. The molecular formula is C19H28IN5O3. The lowest BCUT2D eigenvalue weighted by Gasteiger charge is -2.10. The molecule has 0 saturated carbocycles. The van der Waals surface area contributed by atoms with Gasteiger partial charge in [0.25, 0.3) is 5.69 Å². The molecule has 0 aliphatic rings. The first-order valence-corrected chi connectivity index (χ1v) is 9.28. The van der Waals surface area contributed by atoms with E-state index in [1.807, 2.05) is 13.0 Å². The summed E-state index contributed by atoms with van der Waals surface area (Å²) in [5, 5.41) is 21.3. The number of non-ortho nitro benzene ring substituents is 1. The van der Waals surface area contributed by atoms with Gasteiger partial charge in [0.05, 0.1) is 23.7 Å². The second-order valence-corrected chi connectivity index (χ2v) is 6.20. The van der Waals surface area contributed by atoms with Gasteiger partial charge in [0.1, 0.15) is 0 Å². The molecule has 0 saturated heterocycles. The van der Waals surface area contributed by atoms with Gasteiger partial charge in [-0.15, -0.1) is 24.0 Å². The van der Waals surface area contributed by atoms with Crippen LogP contribution in [0.1, 0.15) is 56.5 Å². The molecule has 1 aromatic heterocycles. The zero-order valence-electron chi connectivity index (χ0n) is 16.5. The largest absolute Gasteiger partial charge is 0.359 e. The Balaban J connectivity index is 0.00000392. The van der Waals surface area contributed by atoms with Crippen molar-refractivity contribution in [2.75, 3.05) is 6.54 Å². The van der Waals surface area contributed by atoms with Crippen molar-refractivity contribution in [3.05, 3.63) is 57.5 Å². The summed E-state index contributed by atoms with van der Waals surface area (Å²) < 4.78 is 5.42. The van der Waals surface area contributed by atoms with Crippen molar-refractivity contribution in [1.82, 2.24) is 15.8 Å². The number of hydrogen-bond acceptors (Lipinski definition) is 5. The Morgan fingerprint density at radius 2 is 1.89 bits per heavy atom. The Hall–Kier alpha value is -2.17. The van der Waals surface area contributed by atoms with Crippen molar-refractivity contribution in [2.45, 2.75) is 52.6 Å². The minimum atomic E-state index is -0.411. The number of benzene rings is 1. The highest BCUT2D eigenvalue weighted by molar-refractivity contribution is 14.0. The predicted octanol–water partition coefficient (Wildman–Crippen LogP) is 4.36. The topological polar surface area (TPSA) is 106 Å². The molecule has 0 unspecified atom stereocenters. The van der Waals surface area contributed by atoms with Gasteiger partial charge in [0.2, 0.25) is 0 Å². The lowest BCUT2D eigenvalue weighted by atomic mass is 9.99. The molecule has 0 atom stereocenters. The van der Waals surface area contributed by atoms with E-state index in [1.54, 1.807) is 12.1 Å². The van der Waals surface area contributed by atoms with Crippen molar-refractivity contribution < 1.29 is 9.45 Å². The van der Waals surface area contributed by atoms with E-state index in [0.717, 1.165) is 36.4 Å². The van der Waals surface area contributed by atoms with E-state index < -0.39 is 4.92 Å². The van der Waals surface area contributed by atoms with Crippen LogP contribution >= 0.6 is 24.0 Å². The van der Waals surface area contributed by atoms with E-state index in [4.69, 9.17) is 4.52 Å². The molecule has 9 heteroatoms. The predicted molar refractivity (Wildman–Crippen MR) is 120 cm³/mol. The average Bonchev–Trinajstić information content (AvgIpc) is 3.14. The molecule has 28 heavy (non-hydrogen) atoms. The first-order chi connectivity index (χ1) is 13.1. The van der Waals surface area contributed by atoms with Crippen molar-refractivity contribution >= 4 is 35.6 Å². The second kappa shape index (κ2) is 12.3. The van der Waals surface area contributed by atoms with Crippen LogP contribution in [-0.2, 0) is 13.1 Å². The number of nitro benzene ring substituents is 1. The number of nitrogens with zero attached hydrogens (tertiary/aromatic N) is 3. The van der Waals surface area contributed by atoms with Crippen LogP contribution in [0.2, 0.25) is 0 Å². The average molecular weight is 501 g/mol. The molecule has 0 radical (unpaired) electrons. The van der Waals surface area contributed by atoms with E-state index in [-0.39, 0.29) is 29.7 Å². The van der Waals surface area contributed by atoms with Crippen molar-refractivity contribution in [2.24, 2.45) is 4.99 Å². The lowest BCUT2D eigenvalue weighted by molar-refractivity contribution is -0.384. The molecule has 154 valence electrons. The Labute approximate surface area is 182 Å². The fourth-order valence-corrected chi connectivity index (χ4v) is 2.72. The third-order valence-corrected chi connectivity index (χ3v) is 4.32. The first-order valence-electron chi connectivity index (χ1n) is 9.28. The molecule has 0 aliphatic heterocycles. The van der Waals surface area contributed by atoms with Gasteiger partial charge in [-0.05, 0) is 25.3 Å². The fraction of sp³-hybridized carbons (Fsp3) is 0.474. The maximum atomic E-state index is 10.7. The molecule has 0 aliphatic carbocycles. The van der Waals surface area contributed by atoms with Gasteiger partial charge in [-0.2, -0.15) is 0 Å². The van der Waals surface area contributed by atoms with E-state index in [0.29, 0.717) is 25.0 Å². The molecule has 2 aromatic rings. The van der Waals surface area contributed by atoms with Crippen LogP contribution in [0, 0.1) is 10.1 Å². The summed E-state index contributed by atoms with van der Waals surface area (Å²) in [6.07, 6.45) is 2.07. The summed E-state index contributed by atoms with van der Waals surface area (Å²) >= 11 is 0. The zero-order valence-corrected chi connectivity index (χ0v) is 18.8. The van der Waals surface area contributed by atoms with Crippen LogP contribution in [-0.4, -0.2) is 22.6 Å². The molecular weight excluding hydrogens is 473 g/mol. The molecule has 0 fully saturated rings. The molecule has 2 rings (SSSR count). The summed E-state index contributed by atoms with van der Waals surface area (Å²) in [5.74, 6) is 1.83. The van der Waals surface area contributed by atoms with Crippen LogP contribution in [0.5, 0.6) is 0 Å². The van der Waals surface area contributed by atoms with Crippen molar-refractivity contribution in [3.63, 3.8) is 0 Å². The van der Waals surface area contributed by atoms with E-state index >= 15 is 0 Å². The summed E-state index contributed by atoms with van der Waals surface area (Å²) in [6, 6.07) is 8.38. The van der Waals surface area contributed by atoms with E-state index in [1.165, 1.54) is 12.1 Å². The van der Waals surface area contributed by atoms with E-state index in [9.17, 15) is 10.1 Å². The Kier molecular flexibility index (Phi) is 10.5. The number of hydrogen-bond donors (Lipinski definition) is 2. The molecule has 0 amide bonds. The van der Waals surface area contributed by atoms with E-state index in [2.05, 4.69) is 34.6 Å². The maximum Gasteiger partial charge on any atom is 0.269 e. The Bertz CT molecular complexity index is 757. The number of nitro groups is 1. The molecule has 8 nitrogen and oxygen atoms in total. The summed E-state index contributed by atoms with van der Waals surface area (Å²) in [7, 11) is 0. The van der Waals surface area contributed by atoms with Crippen molar-refractivity contribution in [1.29, 1.82) is 0 Å². The smallest absolute Gasteiger partial charge is 0.269 e. The van der Waals surface area contributed by atoms with Crippen LogP contribution in [0.25, 0.3) is 0 Å². The standard InChI is InChI=1S/C19H27N5O3.HI/c1-4-15(5-2)18-11-17(27-23-18)13-22-19(20-6-3)21-12-14-7-9-16(10-8-14)24(25)26;/h7-11,15H,4-6,12-13H2,1-3H3,(H2,20,21,22);1H. The monoisotopic (exact) mass is 501 g/mol. The quantitative estimate of drug-likeness (QED) is 0.174. The molecule has 1 aromatic carbocycles. The highest BCUT2D eigenvalue weighted by atomic mass is 127. The summed E-state index contributed by atoms with van der Waals surface area (Å²) in [4.78, 5) is 14.8. The summed E-state index contributed by atoms with van der Waals surface area (Å²) in [5.41, 5.74) is 1.96. The van der Waals surface area contributed by atoms with Gasteiger partial charge in [0, 0.05) is 30.7 Å². The van der Waals surface area contributed by atoms with Crippen LogP contribution in [0.3, 0.4) is 0 Å². The van der Waals surface area contributed by atoms with Crippen molar-refractivity contribution in [3.8, 4) is 0 Å². The zero-order chi connectivity index (χ0) is 19.6. The minimum absolute atomic E-state index is 0. The van der Waals surface area contributed by atoms with Gasteiger partial charge >= 0.3 is 0 Å². The minimum Gasteiger partial charge on any atom is -0.359 e. The normalized spacial score (nSPS) is 11.2. The Morgan fingerprint density at radius 1 is 1.21 bits per heavy atom. The number of aliphatic imine (C=N–C) groups is 1. The number of aromatic nitrogens is 1. The van der Waals surface area contributed by atoms with Gasteiger partial charge in [-0.3, -0.25) is 10.1 Å². The van der Waals surface area contributed by atoms with Crippen LogP contribution in [0.4, 0.5) is 5.69 Å². The third kappa shape index (κ3) is 7.10. The fourth-order valence-electron chi connectivity index (χ4n) is 2.72. The molecule has 0 spiro atoms. The number of rotatable bonds is 9. The SMILES string of the molecule is CCNC(=NCc1ccc([N+](=O)[O-])cc1)NCc1cc(C(CC)CC)no1.I. The molecule has 2 N–H and O–H groups in total. The highest BCUT2D eigenvalue weighted by Gasteiger charge is 2.13. The third-order valence-electron chi connectivity index (χ3n) is 4.32. The second-order valence-electron chi connectivity index (χ2n) is 6.20. The van der Waals surface area contributed by atoms with Gasteiger partial charge in [-0.25, -0.2) is 4.99 Å². The maximum absolute atomic E-state index is 10.7. The van der Waals surface area contributed by atoms with Gasteiger partial charge in [-0.1, -0.05) is 31.1 Å².